The first-order chi connectivity index (χ1) is 18.8. The van der Waals surface area contributed by atoms with Gasteiger partial charge in [-0.3, -0.25) is 4.79 Å². The van der Waals surface area contributed by atoms with Crippen LogP contribution in [0.5, 0.6) is 0 Å². The van der Waals surface area contributed by atoms with Gasteiger partial charge in [-0.1, -0.05) is 57.1 Å². The number of hydrogen-bond donors (Lipinski definition) is 4. The zero-order chi connectivity index (χ0) is 30.0. The second-order valence-electron chi connectivity index (χ2n) is 12.3. The van der Waals surface area contributed by atoms with Crippen LogP contribution in [0.2, 0.25) is 0 Å². The van der Waals surface area contributed by atoms with E-state index in [0.717, 1.165) is 49.7 Å². The van der Waals surface area contributed by atoms with Crippen molar-refractivity contribution in [1.82, 2.24) is 0 Å². The molecule has 0 unspecified atom stereocenters. The van der Waals surface area contributed by atoms with E-state index in [-0.39, 0.29) is 31.5 Å². The minimum Gasteiger partial charge on any atom is -0.460 e. The Kier molecular flexibility index (Phi) is 14.2. The minimum atomic E-state index is -1.68. The van der Waals surface area contributed by atoms with Crippen molar-refractivity contribution in [2.45, 2.75) is 129 Å². The molecule has 0 saturated carbocycles. The molecule has 8 nitrogen and oxygen atoms in total. The number of rotatable bonds is 0. The quantitative estimate of drug-likeness (QED) is 0.254. The molecule has 1 saturated heterocycles. The molecule has 0 aromatic heterocycles. The Hall–Kier alpha value is -1.84. The molecule has 8 heteroatoms. The van der Waals surface area contributed by atoms with E-state index in [9.17, 15) is 30.0 Å². The van der Waals surface area contributed by atoms with Gasteiger partial charge in [-0.25, -0.2) is 4.79 Å². The molecule has 228 valence electrons. The molecule has 0 spiro atoms. The van der Waals surface area contributed by atoms with Crippen LogP contribution in [0.25, 0.3) is 0 Å². The zero-order valence-electron chi connectivity index (χ0n) is 25.1. The van der Waals surface area contributed by atoms with Gasteiger partial charge < -0.3 is 29.9 Å². The van der Waals surface area contributed by atoms with E-state index < -0.39 is 42.1 Å². The van der Waals surface area contributed by atoms with Crippen LogP contribution in [0.4, 0.5) is 0 Å². The van der Waals surface area contributed by atoms with Crippen LogP contribution >= 0.6 is 0 Å². The van der Waals surface area contributed by atoms with Crippen molar-refractivity contribution >= 4 is 11.8 Å². The van der Waals surface area contributed by atoms with Crippen LogP contribution < -0.4 is 0 Å². The van der Waals surface area contributed by atoms with Crippen molar-refractivity contribution in [3.63, 3.8) is 0 Å². The van der Waals surface area contributed by atoms with Crippen LogP contribution in [-0.2, 0) is 19.1 Å². The van der Waals surface area contributed by atoms with Crippen LogP contribution in [0.15, 0.2) is 35.5 Å². The topological polar surface area (TPSA) is 137 Å². The number of aliphatic hydroxyl groups is 4. The summed E-state index contributed by atoms with van der Waals surface area (Å²) in [6.07, 6.45) is 5.00. The van der Waals surface area contributed by atoms with Crippen molar-refractivity contribution in [2.75, 3.05) is 6.61 Å². The maximum absolute atomic E-state index is 12.6. The van der Waals surface area contributed by atoms with Crippen molar-refractivity contribution in [3.8, 4) is 0 Å². The molecule has 1 fully saturated rings. The number of Topliss-reactive ketones (excluding diaryl/α,β-unsaturated/α-hetero) is 1. The van der Waals surface area contributed by atoms with Crippen molar-refractivity contribution in [3.05, 3.63) is 35.5 Å². The predicted molar refractivity (Wildman–Crippen MR) is 154 cm³/mol. The molecular formula is C32H52O8. The zero-order valence-corrected chi connectivity index (χ0v) is 25.1. The number of aliphatic hydroxyl groups excluding tert-OH is 4. The molecule has 2 aliphatic rings. The largest absolute Gasteiger partial charge is 0.460 e. The number of ketones is 1. The standard InChI is InChI=1S/C32H52O8/c1-19-12-20(2)14-29-28(40-29)11-9-7-8-10-21(3)32(38)39-18-26(34)16-24(6)30(36)31(37)27(35)17-25(33)15-23(5)22(4)13-19/h10,13,20,23-26,28-31,33-34,36-37H,1,7-9,11-12,14-18H2,2-6H3/b21-10+,22-13+/t20-,23+,24-,25+,26-,28-,29+,30+,31+/m1/s1. The highest BCUT2D eigenvalue weighted by molar-refractivity contribution is 5.87. The molecule has 2 rings (SSSR count). The Bertz CT molecular complexity index is 909. The van der Waals surface area contributed by atoms with E-state index in [1.54, 1.807) is 13.8 Å². The van der Waals surface area contributed by atoms with E-state index in [2.05, 4.69) is 19.6 Å². The molecule has 0 aromatic carbocycles. The number of hydrogen-bond acceptors (Lipinski definition) is 8. The van der Waals surface area contributed by atoms with Crippen LogP contribution in [-0.4, -0.2) is 75.4 Å². The molecule has 0 bridgehead atoms. The number of cyclic esters (lactones) is 1. The normalized spacial score (nSPS) is 40.0. The fourth-order valence-electron chi connectivity index (χ4n) is 5.44. The second-order valence-corrected chi connectivity index (χ2v) is 12.3. The fourth-order valence-corrected chi connectivity index (χ4v) is 5.44. The van der Waals surface area contributed by atoms with E-state index >= 15 is 0 Å². The average Bonchev–Trinajstić information content (AvgIpc) is 3.61. The SMILES string of the molecule is C=C1/C=C(\C)[C@@H](C)C[C@H](O)CC(=O)[C@H](O)[C@@H](O)[C@H](C)C[C@@H](O)COC(=O)/C(C)=C/CCCC[C@H]2O[C@H]2C[C@H](C)C1. The van der Waals surface area contributed by atoms with Gasteiger partial charge in [0.25, 0.3) is 0 Å². The maximum Gasteiger partial charge on any atom is 0.333 e. The number of esters is 1. The van der Waals surface area contributed by atoms with Crippen LogP contribution in [0.1, 0.15) is 92.4 Å². The lowest BCUT2D eigenvalue weighted by molar-refractivity contribution is -0.143. The number of carbonyl (C=O) groups excluding carboxylic acids is 2. The van der Waals surface area contributed by atoms with E-state index in [1.165, 1.54) is 0 Å². The van der Waals surface area contributed by atoms with Crippen LogP contribution in [0.3, 0.4) is 0 Å². The predicted octanol–water partition coefficient (Wildman–Crippen LogP) is 4.19. The summed E-state index contributed by atoms with van der Waals surface area (Å²) in [4.78, 5) is 24.9. The lowest BCUT2D eigenvalue weighted by Gasteiger charge is -2.26. The highest BCUT2D eigenvalue weighted by Crippen LogP contribution is 2.34. The van der Waals surface area contributed by atoms with Gasteiger partial charge in [-0.05, 0) is 76.5 Å². The van der Waals surface area contributed by atoms with Gasteiger partial charge in [0.15, 0.2) is 5.78 Å². The van der Waals surface area contributed by atoms with Crippen molar-refractivity contribution in [2.24, 2.45) is 17.8 Å². The lowest BCUT2D eigenvalue weighted by Crippen LogP contribution is -2.41. The summed E-state index contributed by atoms with van der Waals surface area (Å²) in [6.45, 7) is 13.4. The third-order valence-electron chi connectivity index (χ3n) is 8.21. The highest BCUT2D eigenvalue weighted by Gasteiger charge is 2.38. The molecule has 4 N–H and O–H groups in total. The fraction of sp³-hybridized carbons (Fsp3) is 0.750. The molecule has 0 aliphatic carbocycles. The Morgan fingerprint density at radius 3 is 2.30 bits per heavy atom. The number of fused-ring (bicyclic) bond motifs is 1. The van der Waals surface area contributed by atoms with Crippen molar-refractivity contribution in [1.29, 1.82) is 0 Å². The number of carbonyl (C=O) groups is 2. The van der Waals surface area contributed by atoms with Gasteiger partial charge in [0.2, 0.25) is 0 Å². The molecule has 0 aromatic rings. The molecule has 9 atom stereocenters. The first-order valence-corrected chi connectivity index (χ1v) is 14.9. The van der Waals surface area contributed by atoms with Crippen LogP contribution in [0, 0.1) is 17.8 Å². The van der Waals surface area contributed by atoms with E-state index in [1.807, 2.05) is 19.9 Å². The first-order valence-electron chi connectivity index (χ1n) is 14.9. The molecule has 0 amide bonds. The summed E-state index contributed by atoms with van der Waals surface area (Å²) in [7, 11) is 0. The first kappa shape index (κ1) is 34.4. The number of allylic oxidation sites excluding steroid dienone is 4. The molecule has 0 radical (unpaired) electrons. The number of epoxide rings is 1. The average molecular weight is 565 g/mol. The Labute approximate surface area is 240 Å². The molecule has 2 heterocycles. The third-order valence-corrected chi connectivity index (χ3v) is 8.21. The maximum atomic E-state index is 12.6. The number of ether oxygens (including phenoxy) is 2. The summed E-state index contributed by atoms with van der Waals surface area (Å²) in [5, 5.41) is 41.8. The Morgan fingerprint density at radius 1 is 0.900 bits per heavy atom. The summed E-state index contributed by atoms with van der Waals surface area (Å²) < 4.78 is 11.1. The van der Waals surface area contributed by atoms with Gasteiger partial charge in [-0.2, -0.15) is 0 Å². The Morgan fingerprint density at radius 2 is 1.60 bits per heavy atom. The molecule has 2 aliphatic heterocycles. The summed E-state index contributed by atoms with van der Waals surface area (Å²) in [5.74, 6) is -1.37. The minimum absolute atomic E-state index is 0.00520. The van der Waals surface area contributed by atoms with E-state index in [0.29, 0.717) is 24.0 Å². The van der Waals surface area contributed by atoms with Crippen molar-refractivity contribution < 1.29 is 39.5 Å². The smallest absolute Gasteiger partial charge is 0.333 e. The van der Waals surface area contributed by atoms with Gasteiger partial charge in [-0.15, -0.1) is 0 Å². The highest BCUT2D eigenvalue weighted by atomic mass is 16.6. The van der Waals surface area contributed by atoms with E-state index in [4.69, 9.17) is 9.47 Å². The van der Waals surface area contributed by atoms with Gasteiger partial charge in [0.05, 0.1) is 30.5 Å². The third kappa shape index (κ3) is 12.0. The molecular weight excluding hydrogens is 512 g/mol. The van der Waals surface area contributed by atoms with Gasteiger partial charge >= 0.3 is 5.97 Å². The Balaban J connectivity index is 2.04. The summed E-state index contributed by atoms with van der Waals surface area (Å²) >= 11 is 0. The van der Waals surface area contributed by atoms with Gasteiger partial charge in [0.1, 0.15) is 12.7 Å². The molecule has 40 heavy (non-hydrogen) atoms. The van der Waals surface area contributed by atoms with Gasteiger partial charge in [0, 0.05) is 12.0 Å². The second kappa shape index (κ2) is 16.6. The summed E-state index contributed by atoms with van der Waals surface area (Å²) in [6, 6.07) is 0. The lowest BCUT2D eigenvalue weighted by atomic mass is 9.88. The monoisotopic (exact) mass is 564 g/mol. The summed E-state index contributed by atoms with van der Waals surface area (Å²) in [5.41, 5.74) is 2.56.